The van der Waals surface area contributed by atoms with Crippen LogP contribution in [0.25, 0.3) is 0 Å². The van der Waals surface area contributed by atoms with E-state index < -0.39 is 6.36 Å². The third kappa shape index (κ3) is 4.48. The van der Waals surface area contributed by atoms with E-state index in [2.05, 4.69) is 9.64 Å². The van der Waals surface area contributed by atoms with Gasteiger partial charge in [-0.25, -0.2) is 4.79 Å². The minimum absolute atomic E-state index is 0.0200. The predicted molar refractivity (Wildman–Crippen MR) is 101 cm³/mol. The molecule has 1 amide bonds. The average molecular weight is 406 g/mol. The van der Waals surface area contributed by atoms with Crippen molar-refractivity contribution in [1.82, 2.24) is 4.90 Å². The van der Waals surface area contributed by atoms with Crippen molar-refractivity contribution < 1.29 is 27.4 Å². The van der Waals surface area contributed by atoms with E-state index in [1.165, 1.54) is 12.1 Å². The molecule has 4 rings (SSSR count). The molecule has 5 nitrogen and oxygen atoms in total. The van der Waals surface area contributed by atoms with E-state index in [0.29, 0.717) is 19.7 Å². The molecule has 1 saturated heterocycles. The van der Waals surface area contributed by atoms with Crippen LogP contribution in [0.4, 0.5) is 23.7 Å². The van der Waals surface area contributed by atoms with Crippen LogP contribution >= 0.6 is 0 Å². The summed E-state index contributed by atoms with van der Waals surface area (Å²) in [7, 11) is 0. The van der Waals surface area contributed by atoms with E-state index in [-0.39, 0.29) is 17.9 Å². The van der Waals surface area contributed by atoms with Gasteiger partial charge in [0.25, 0.3) is 0 Å². The maximum Gasteiger partial charge on any atom is 0.573 e. The van der Waals surface area contributed by atoms with Crippen LogP contribution in [0.2, 0.25) is 0 Å². The smallest absolute Gasteiger partial charge is 0.447 e. The lowest BCUT2D eigenvalue weighted by Crippen LogP contribution is -2.40. The maximum absolute atomic E-state index is 12.3. The average Bonchev–Trinajstić information content (AvgIpc) is 3.00. The number of carbonyl (C=O) groups is 1. The zero-order valence-electron chi connectivity index (χ0n) is 15.9. The molecule has 29 heavy (non-hydrogen) atoms. The van der Waals surface area contributed by atoms with Crippen LogP contribution in [-0.2, 0) is 17.8 Å². The van der Waals surface area contributed by atoms with Gasteiger partial charge in [-0.05, 0) is 48.2 Å². The van der Waals surface area contributed by atoms with E-state index in [0.717, 1.165) is 35.3 Å². The number of cyclic esters (lactones) is 1. The first-order valence-corrected chi connectivity index (χ1v) is 9.41. The van der Waals surface area contributed by atoms with Crippen molar-refractivity contribution in [3.8, 4) is 5.75 Å². The van der Waals surface area contributed by atoms with E-state index in [9.17, 15) is 18.0 Å². The standard InChI is InChI=1S/C21H21F3N2O3/c1-14-2-5-16-12-25(9-8-17-13-28-20(27)26(17)19(16)10-14)11-15-3-6-18(7-4-15)29-21(22,23)24/h2-7,10,17H,8-9,11-13H2,1H3. The van der Waals surface area contributed by atoms with Crippen molar-refractivity contribution in [2.24, 2.45) is 0 Å². The summed E-state index contributed by atoms with van der Waals surface area (Å²) in [4.78, 5) is 16.2. The molecule has 2 aromatic rings. The molecule has 0 aromatic heterocycles. The Bertz CT molecular complexity index is 899. The maximum atomic E-state index is 12.3. The number of benzene rings is 2. The molecular formula is C21H21F3N2O3. The summed E-state index contributed by atoms with van der Waals surface area (Å²) in [5, 5.41) is 0. The minimum Gasteiger partial charge on any atom is -0.447 e. The first-order valence-electron chi connectivity index (χ1n) is 9.41. The Labute approximate surface area is 166 Å². The number of hydrogen-bond acceptors (Lipinski definition) is 4. The molecule has 0 spiro atoms. The summed E-state index contributed by atoms with van der Waals surface area (Å²) in [5.41, 5.74) is 3.85. The lowest BCUT2D eigenvalue weighted by atomic mass is 10.0. The Morgan fingerprint density at radius 3 is 2.66 bits per heavy atom. The summed E-state index contributed by atoms with van der Waals surface area (Å²) >= 11 is 0. The molecule has 154 valence electrons. The van der Waals surface area contributed by atoms with Gasteiger partial charge >= 0.3 is 12.5 Å². The largest absolute Gasteiger partial charge is 0.573 e. The monoisotopic (exact) mass is 406 g/mol. The van der Waals surface area contributed by atoms with Crippen LogP contribution < -0.4 is 9.64 Å². The van der Waals surface area contributed by atoms with Crippen molar-refractivity contribution >= 4 is 11.8 Å². The molecule has 0 saturated carbocycles. The molecule has 0 radical (unpaired) electrons. The van der Waals surface area contributed by atoms with Gasteiger partial charge < -0.3 is 9.47 Å². The van der Waals surface area contributed by atoms with Gasteiger partial charge in [0.1, 0.15) is 12.4 Å². The molecule has 0 bridgehead atoms. The summed E-state index contributed by atoms with van der Waals surface area (Å²) in [6.45, 7) is 4.31. The van der Waals surface area contributed by atoms with Gasteiger partial charge in [-0.1, -0.05) is 24.3 Å². The number of halogens is 3. The summed E-state index contributed by atoms with van der Waals surface area (Å²) in [5.74, 6) is -0.230. The number of hydrogen-bond donors (Lipinski definition) is 0. The number of aryl methyl sites for hydroxylation is 1. The van der Waals surface area contributed by atoms with Gasteiger partial charge in [-0.2, -0.15) is 0 Å². The van der Waals surface area contributed by atoms with E-state index in [1.54, 1.807) is 17.0 Å². The molecule has 2 aliphatic heterocycles. The summed E-state index contributed by atoms with van der Waals surface area (Å²) in [6, 6.07) is 12.0. The van der Waals surface area contributed by atoms with Crippen molar-refractivity contribution in [3.05, 3.63) is 59.2 Å². The number of carbonyl (C=O) groups excluding carboxylic acids is 1. The highest BCUT2D eigenvalue weighted by atomic mass is 19.4. The van der Waals surface area contributed by atoms with Gasteiger partial charge in [-0.3, -0.25) is 9.80 Å². The highest BCUT2D eigenvalue weighted by molar-refractivity contribution is 5.91. The Morgan fingerprint density at radius 2 is 1.93 bits per heavy atom. The number of fused-ring (bicyclic) bond motifs is 3. The quantitative estimate of drug-likeness (QED) is 0.746. The Kier molecular flexibility index (Phi) is 5.12. The zero-order chi connectivity index (χ0) is 20.6. The fourth-order valence-electron chi connectivity index (χ4n) is 3.84. The molecule has 1 fully saturated rings. The molecule has 1 unspecified atom stereocenters. The Hall–Kier alpha value is -2.74. The molecular weight excluding hydrogens is 385 g/mol. The molecule has 0 N–H and O–H groups in total. The third-order valence-electron chi connectivity index (χ3n) is 5.20. The van der Waals surface area contributed by atoms with Gasteiger partial charge in [0.05, 0.1) is 11.7 Å². The van der Waals surface area contributed by atoms with Crippen LogP contribution in [0.15, 0.2) is 42.5 Å². The van der Waals surface area contributed by atoms with Crippen LogP contribution in [0.3, 0.4) is 0 Å². The lowest BCUT2D eigenvalue weighted by Gasteiger charge is -2.32. The molecule has 1 atom stereocenters. The number of anilines is 1. The fourth-order valence-corrected chi connectivity index (χ4v) is 3.84. The van der Waals surface area contributed by atoms with Gasteiger partial charge in [0.2, 0.25) is 0 Å². The molecule has 8 heteroatoms. The molecule has 2 aromatic carbocycles. The molecule has 2 aliphatic rings. The topological polar surface area (TPSA) is 42.0 Å². The van der Waals surface area contributed by atoms with Crippen molar-refractivity contribution in [2.75, 3.05) is 18.1 Å². The molecule has 2 heterocycles. The second kappa shape index (κ2) is 7.59. The second-order valence-corrected chi connectivity index (χ2v) is 7.42. The van der Waals surface area contributed by atoms with Gasteiger partial charge in [0.15, 0.2) is 0 Å². The molecule has 0 aliphatic carbocycles. The second-order valence-electron chi connectivity index (χ2n) is 7.42. The van der Waals surface area contributed by atoms with Crippen LogP contribution in [0.5, 0.6) is 5.75 Å². The van der Waals surface area contributed by atoms with Crippen LogP contribution in [0.1, 0.15) is 23.1 Å². The predicted octanol–water partition coefficient (Wildman–Crippen LogP) is 4.62. The van der Waals surface area contributed by atoms with Crippen molar-refractivity contribution in [2.45, 2.75) is 38.8 Å². The third-order valence-corrected chi connectivity index (χ3v) is 5.20. The highest BCUT2D eigenvalue weighted by Gasteiger charge is 2.37. The Balaban J connectivity index is 1.54. The number of ether oxygens (including phenoxy) is 2. The van der Waals surface area contributed by atoms with E-state index in [1.807, 2.05) is 25.1 Å². The SMILES string of the molecule is Cc1ccc2c(c1)N1C(=O)OCC1CCN(Cc1ccc(OC(F)(F)F)cc1)C2. The highest BCUT2D eigenvalue weighted by Crippen LogP contribution is 2.33. The van der Waals surface area contributed by atoms with Crippen molar-refractivity contribution in [3.63, 3.8) is 0 Å². The summed E-state index contributed by atoms with van der Waals surface area (Å²) < 4.78 is 46.2. The fraction of sp³-hybridized carbons (Fsp3) is 0.381. The van der Waals surface area contributed by atoms with E-state index in [4.69, 9.17) is 4.74 Å². The van der Waals surface area contributed by atoms with Crippen LogP contribution in [0, 0.1) is 6.92 Å². The number of nitrogens with zero attached hydrogens (tertiary/aromatic N) is 2. The first kappa shape index (κ1) is 19.6. The summed E-state index contributed by atoms with van der Waals surface area (Å²) in [6.07, 6.45) is -4.25. The zero-order valence-corrected chi connectivity index (χ0v) is 15.9. The van der Waals surface area contributed by atoms with Gasteiger partial charge in [-0.15, -0.1) is 13.2 Å². The number of amides is 1. The van der Waals surface area contributed by atoms with Crippen LogP contribution in [-0.4, -0.2) is 36.5 Å². The van der Waals surface area contributed by atoms with Gasteiger partial charge in [0, 0.05) is 19.6 Å². The lowest BCUT2D eigenvalue weighted by molar-refractivity contribution is -0.274. The first-order chi connectivity index (χ1) is 13.8. The van der Waals surface area contributed by atoms with E-state index >= 15 is 0 Å². The normalized spacial score (nSPS) is 19.8. The minimum atomic E-state index is -4.70. The van der Waals surface area contributed by atoms with Crippen molar-refractivity contribution in [1.29, 1.82) is 0 Å². The number of alkyl halides is 3. The number of rotatable bonds is 3. The Morgan fingerprint density at radius 1 is 1.17 bits per heavy atom.